The molecule has 5 nitrogen and oxygen atoms in total. The summed E-state index contributed by atoms with van der Waals surface area (Å²) < 4.78 is 5.04. The number of anilines is 2. The zero-order chi connectivity index (χ0) is 20.2. The number of hydrogen-bond acceptors (Lipinski definition) is 6. The highest BCUT2D eigenvalue weighted by atomic mass is 32.1. The van der Waals surface area contributed by atoms with Gasteiger partial charge in [-0.3, -0.25) is 0 Å². The summed E-state index contributed by atoms with van der Waals surface area (Å²) in [5, 5.41) is 6.48. The lowest BCUT2D eigenvalue weighted by atomic mass is 10.0. The maximum atomic E-state index is 11.8. The minimum Gasteiger partial charge on any atom is -0.462 e. The number of fused-ring (bicyclic) bond motifs is 1. The van der Waals surface area contributed by atoms with E-state index in [0.717, 1.165) is 39.3 Å². The molecule has 4 aromatic rings. The molecule has 0 saturated heterocycles. The first-order valence-corrected chi connectivity index (χ1v) is 10.4. The maximum Gasteiger partial charge on any atom is 0.338 e. The third-order valence-corrected chi connectivity index (χ3v) is 5.59. The summed E-state index contributed by atoms with van der Waals surface area (Å²) in [6, 6.07) is 15.8. The Morgan fingerprint density at radius 3 is 2.48 bits per heavy atom. The number of nitrogens with one attached hydrogen (secondary N) is 1. The van der Waals surface area contributed by atoms with E-state index in [9.17, 15) is 4.79 Å². The van der Waals surface area contributed by atoms with Crippen molar-refractivity contribution in [2.75, 3.05) is 11.9 Å². The average molecular weight is 404 g/mol. The number of nitrogens with zero attached hydrogens (tertiary/aromatic N) is 2. The molecule has 0 aliphatic heterocycles. The molecule has 2 aromatic heterocycles. The van der Waals surface area contributed by atoms with E-state index in [1.54, 1.807) is 36.7 Å². The molecular weight excluding hydrogens is 382 g/mol. The summed E-state index contributed by atoms with van der Waals surface area (Å²) in [6.07, 6.45) is 2.58. The van der Waals surface area contributed by atoms with Gasteiger partial charge in [-0.25, -0.2) is 14.8 Å². The Balaban J connectivity index is 1.67. The second kappa shape index (κ2) is 8.41. The Hall–Kier alpha value is -3.25. The quantitative estimate of drug-likeness (QED) is 0.410. The van der Waals surface area contributed by atoms with Crippen LogP contribution in [0.3, 0.4) is 0 Å². The highest BCUT2D eigenvalue weighted by Crippen LogP contribution is 2.37. The Bertz CT molecular complexity index is 1140. The van der Waals surface area contributed by atoms with Crippen LogP contribution in [0.15, 0.2) is 60.2 Å². The van der Waals surface area contributed by atoms with Crippen molar-refractivity contribution in [3.05, 3.63) is 71.4 Å². The van der Waals surface area contributed by atoms with Gasteiger partial charge in [0.05, 0.1) is 17.6 Å². The minimum atomic E-state index is -0.320. The highest BCUT2D eigenvalue weighted by molar-refractivity contribution is 7.17. The molecule has 2 heterocycles. The first-order valence-electron chi connectivity index (χ1n) is 9.55. The van der Waals surface area contributed by atoms with Crippen LogP contribution in [0.5, 0.6) is 0 Å². The molecule has 0 saturated carbocycles. The lowest BCUT2D eigenvalue weighted by Crippen LogP contribution is -2.04. The van der Waals surface area contributed by atoms with Crippen LogP contribution in [0.2, 0.25) is 0 Å². The van der Waals surface area contributed by atoms with Crippen LogP contribution in [-0.2, 0) is 11.2 Å². The minimum absolute atomic E-state index is 0.320. The van der Waals surface area contributed by atoms with E-state index in [4.69, 9.17) is 4.74 Å². The van der Waals surface area contributed by atoms with Crippen LogP contribution in [0, 0.1) is 0 Å². The van der Waals surface area contributed by atoms with Gasteiger partial charge in [0.2, 0.25) is 0 Å². The topological polar surface area (TPSA) is 64.1 Å². The molecule has 0 aliphatic rings. The standard InChI is InChI=1S/C23H21N3O2S/c1-3-15-5-7-16(8-6-15)19-13-29-22-20(19)21(24-14-25-22)26-18-11-9-17(10-12-18)23(27)28-4-2/h5-14H,3-4H2,1-2H3,(H,24,25,26). The molecule has 0 bridgehead atoms. The third-order valence-electron chi connectivity index (χ3n) is 4.70. The number of carbonyl (C=O) groups is 1. The average Bonchev–Trinajstić information content (AvgIpc) is 3.20. The van der Waals surface area contributed by atoms with Crippen molar-refractivity contribution in [1.82, 2.24) is 9.97 Å². The van der Waals surface area contributed by atoms with E-state index in [-0.39, 0.29) is 5.97 Å². The predicted molar refractivity (Wildman–Crippen MR) is 118 cm³/mol. The molecule has 29 heavy (non-hydrogen) atoms. The van der Waals surface area contributed by atoms with E-state index in [0.29, 0.717) is 12.2 Å². The van der Waals surface area contributed by atoms with Gasteiger partial charge >= 0.3 is 5.97 Å². The number of carbonyl (C=O) groups excluding carboxylic acids is 1. The van der Waals surface area contributed by atoms with Gasteiger partial charge < -0.3 is 10.1 Å². The third kappa shape index (κ3) is 3.98. The monoisotopic (exact) mass is 403 g/mol. The van der Waals surface area contributed by atoms with E-state index >= 15 is 0 Å². The lowest BCUT2D eigenvalue weighted by molar-refractivity contribution is 0.0526. The van der Waals surface area contributed by atoms with Crippen molar-refractivity contribution in [3.63, 3.8) is 0 Å². The number of thiophene rings is 1. The van der Waals surface area contributed by atoms with Crippen LogP contribution >= 0.6 is 11.3 Å². The molecule has 146 valence electrons. The molecule has 2 aromatic carbocycles. The van der Waals surface area contributed by atoms with Gasteiger partial charge in [0.1, 0.15) is 17.0 Å². The van der Waals surface area contributed by atoms with Crippen molar-refractivity contribution in [2.45, 2.75) is 20.3 Å². The number of benzene rings is 2. The van der Waals surface area contributed by atoms with Crippen LogP contribution in [0.25, 0.3) is 21.3 Å². The molecule has 0 amide bonds. The Morgan fingerprint density at radius 1 is 1.03 bits per heavy atom. The van der Waals surface area contributed by atoms with Crippen molar-refractivity contribution in [1.29, 1.82) is 0 Å². The molecule has 6 heteroatoms. The Morgan fingerprint density at radius 2 is 1.79 bits per heavy atom. The lowest BCUT2D eigenvalue weighted by Gasteiger charge is -2.09. The summed E-state index contributed by atoms with van der Waals surface area (Å²) in [4.78, 5) is 21.7. The van der Waals surface area contributed by atoms with Crippen molar-refractivity contribution in [2.24, 2.45) is 0 Å². The van der Waals surface area contributed by atoms with Gasteiger partial charge in [0.25, 0.3) is 0 Å². The fourth-order valence-corrected chi connectivity index (χ4v) is 4.06. The summed E-state index contributed by atoms with van der Waals surface area (Å²) in [6.45, 7) is 4.30. The summed E-state index contributed by atoms with van der Waals surface area (Å²) in [5.74, 6) is 0.425. The molecule has 0 fully saturated rings. The second-order valence-corrected chi connectivity index (χ2v) is 7.38. The fourth-order valence-electron chi connectivity index (χ4n) is 3.14. The predicted octanol–water partition coefficient (Wildman–Crippen LogP) is 5.84. The van der Waals surface area contributed by atoms with E-state index in [1.165, 1.54) is 5.56 Å². The molecule has 0 atom stereocenters. The van der Waals surface area contributed by atoms with Crippen LogP contribution in [0.4, 0.5) is 11.5 Å². The van der Waals surface area contributed by atoms with Gasteiger partial charge in [-0.2, -0.15) is 0 Å². The highest BCUT2D eigenvalue weighted by Gasteiger charge is 2.14. The number of aromatic nitrogens is 2. The summed E-state index contributed by atoms with van der Waals surface area (Å²) >= 11 is 1.60. The van der Waals surface area contributed by atoms with Gasteiger partial charge in [-0.15, -0.1) is 11.3 Å². The molecule has 0 radical (unpaired) electrons. The number of rotatable bonds is 6. The molecular formula is C23H21N3O2S. The molecule has 0 unspecified atom stereocenters. The van der Waals surface area contributed by atoms with Gasteiger partial charge in [0, 0.05) is 16.6 Å². The van der Waals surface area contributed by atoms with E-state index in [2.05, 4.69) is 51.9 Å². The normalized spacial score (nSPS) is 10.8. The summed E-state index contributed by atoms with van der Waals surface area (Å²) in [5.41, 5.74) is 4.93. The molecule has 0 spiro atoms. The van der Waals surface area contributed by atoms with E-state index < -0.39 is 0 Å². The SMILES string of the molecule is CCOC(=O)c1ccc(Nc2ncnc3scc(-c4ccc(CC)cc4)c23)cc1. The first-order chi connectivity index (χ1) is 14.2. The summed E-state index contributed by atoms with van der Waals surface area (Å²) in [7, 11) is 0. The smallest absolute Gasteiger partial charge is 0.338 e. The van der Waals surface area contributed by atoms with Crippen molar-refractivity contribution < 1.29 is 9.53 Å². The Labute approximate surface area is 173 Å². The van der Waals surface area contributed by atoms with Crippen molar-refractivity contribution >= 4 is 39.0 Å². The van der Waals surface area contributed by atoms with E-state index in [1.807, 2.05) is 12.1 Å². The van der Waals surface area contributed by atoms with Crippen molar-refractivity contribution in [3.8, 4) is 11.1 Å². The maximum absolute atomic E-state index is 11.8. The first kappa shape index (κ1) is 19.1. The molecule has 0 aliphatic carbocycles. The zero-order valence-corrected chi connectivity index (χ0v) is 17.1. The van der Waals surface area contributed by atoms with Gasteiger partial charge in [-0.1, -0.05) is 31.2 Å². The van der Waals surface area contributed by atoms with Crippen LogP contribution < -0.4 is 5.32 Å². The fraction of sp³-hybridized carbons (Fsp3) is 0.174. The van der Waals surface area contributed by atoms with Gasteiger partial charge in [-0.05, 0) is 48.7 Å². The van der Waals surface area contributed by atoms with Gasteiger partial charge in [0.15, 0.2) is 0 Å². The number of esters is 1. The van der Waals surface area contributed by atoms with Crippen LogP contribution in [0.1, 0.15) is 29.8 Å². The molecule has 4 rings (SSSR count). The number of hydrogen-bond donors (Lipinski definition) is 1. The second-order valence-electron chi connectivity index (χ2n) is 6.53. The largest absolute Gasteiger partial charge is 0.462 e. The number of ether oxygens (including phenoxy) is 1. The zero-order valence-electron chi connectivity index (χ0n) is 16.3. The van der Waals surface area contributed by atoms with Crippen LogP contribution in [-0.4, -0.2) is 22.5 Å². The Kier molecular flexibility index (Phi) is 5.53. The number of aryl methyl sites for hydroxylation is 1. The molecule has 1 N–H and O–H groups in total.